The Bertz CT molecular complexity index is 1060. The number of benzene rings is 2. The summed E-state index contributed by atoms with van der Waals surface area (Å²) in [7, 11) is 0. The lowest BCUT2D eigenvalue weighted by Gasteiger charge is -2.70. The number of amides is 1. The van der Waals surface area contributed by atoms with Crippen LogP contribution in [0.1, 0.15) is 42.9 Å². The van der Waals surface area contributed by atoms with Gasteiger partial charge in [-0.1, -0.05) is 42.0 Å². The maximum absolute atomic E-state index is 13.2. The van der Waals surface area contributed by atoms with Crippen molar-refractivity contribution in [2.75, 3.05) is 6.54 Å². The Kier molecular flexibility index (Phi) is 3.19. The molecule has 2 aromatic carbocycles. The van der Waals surface area contributed by atoms with Crippen LogP contribution in [0.2, 0.25) is 0 Å². The molecule has 3 aliphatic carbocycles. The van der Waals surface area contributed by atoms with Crippen molar-refractivity contribution in [3.8, 4) is 0 Å². The quantitative estimate of drug-likeness (QED) is 0.678. The highest BCUT2D eigenvalue weighted by Gasteiger charge is 2.72. The molecule has 2 heterocycles. The minimum atomic E-state index is -0.0764. The van der Waals surface area contributed by atoms with Crippen LogP contribution in [0.15, 0.2) is 54.7 Å². The zero-order valence-corrected chi connectivity index (χ0v) is 16.3. The Hall–Kier alpha value is -2.62. The van der Waals surface area contributed by atoms with Crippen LogP contribution in [0.4, 0.5) is 0 Å². The molecule has 1 aliphatic heterocycles. The molecule has 4 heteroatoms. The summed E-state index contributed by atoms with van der Waals surface area (Å²) in [6.07, 6.45) is 6.16. The zero-order chi connectivity index (χ0) is 18.9. The molecule has 3 saturated carbocycles. The van der Waals surface area contributed by atoms with E-state index in [2.05, 4.69) is 64.1 Å². The van der Waals surface area contributed by atoms with Crippen molar-refractivity contribution in [2.24, 2.45) is 10.8 Å². The summed E-state index contributed by atoms with van der Waals surface area (Å²) in [5, 5.41) is 5.84. The number of likely N-dealkylation sites (tertiary alicyclic amines) is 1. The van der Waals surface area contributed by atoms with Crippen molar-refractivity contribution in [3.05, 3.63) is 65.9 Å². The largest absolute Gasteiger partial charge is 0.335 e. The number of nitrogens with zero attached hydrogens (tertiary/aromatic N) is 3. The zero-order valence-electron chi connectivity index (χ0n) is 16.3. The van der Waals surface area contributed by atoms with Gasteiger partial charge in [-0.2, -0.15) is 5.10 Å². The van der Waals surface area contributed by atoms with E-state index in [1.54, 1.807) is 0 Å². The van der Waals surface area contributed by atoms with Gasteiger partial charge in [0.2, 0.25) is 5.91 Å². The predicted octanol–water partition coefficient (Wildman–Crippen LogP) is 4.49. The Balaban J connectivity index is 1.15. The van der Waals surface area contributed by atoms with Crippen molar-refractivity contribution in [3.63, 3.8) is 0 Å². The van der Waals surface area contributed by atoms with Crippen molar-refractivity contribution in [2.45, 2.75) is 45.2 Å². The summed E-state index contributed by atoms with van der Waals surface area (Å²) in [4.78, 5) is 15.4. The standard InChI is InChI=1S/C24H25N3O/c1-17-7-8-21-19(11-17)12-25-27(21)16-23-13-24(14-23,15-23)22(28)26-10-9-20(26)18-5-3-2-4-6-18/h2-8,11-12,20H,9-10,13-16H2,1H3. The van der Waals surface area contributed by atoms with Gasteiger partial charge in [0, 0.05) is 18.5 Å². The van der Waals surface area contributed by atoms with Crippen LogP contribution < -0.4 is 0 Å². The number of hydrogen-bond acceptors (Lipinski definition) is 2. The molecule has 4 nitrogen and oxygen atoms in total. The van der Waals surface area contributed by atoms with Gasteiger partial charge in [-0.15, -0.1) is 0 Å². The van der Waals surface area contributed by atoms with E-state index in [1.807, 2.05) is 12.3 Å². The number of aromatic nitrogens is 2. The number of carbonyl (C=O) groups excluding carboxylic acids is 1. The molecule has 2 bridgehead atoms. The average molecular weight is 371 g/mol. The van der Waals surface area contributed by atoms with E-state index in [4.69, 9.17) is 0 Å². The minimum absolute atomic E-state index is 0.0764. The number of fused-ring (bicyclic) bond motifs is 1. The number of rotatable bonds is 4. The topological polar surface area (TPSA) is 38.1 Å². The number of hydrogen-bond donors (Lipinski definition) is 0. The Labute approximate surface area is 165 Å². The minimum Gasteiger partial charge on any atom is -0.335 e. The molecule has 1 aromatic heterocycles. The van der Waals surface area contributed by atoms with Gasteiger partial charge in [-0.25, -0.2) is 0 Å². The maximum Gasteiger partial charge on any atom is 0.229 e. The van der Waals surface area contributed by atoms with Crippen LogP contribution in [0.3, 0.4) is 0 Å². The Morgan fingerprint density at radius 2 is 1.93 bits per heavy atom. The molecule has 4 aliphatic rings. The molecule has 1 unspecified atom stereocenters. The van der Waals surface area contributed by atoms with Crippen LogP contribution in [-0.2, 0) is 11.3 Å². The molecule has 7 rings (SSSR count). The number of aryl methyl sites for hydroxylation is 1. The Morgan fingerprint density at radius 3 is 2.64 bits per heavy atom. The molecule has 142 valence electrons. The monoisotopic (exact) mass is 371 g/mol. The molecule has 1 amide bonds. The molecule has 0 radical (unpaired) electrons. The van der Waals surface area contributed by atoms with Crippen LogP contribution in [0.5, 0.6) is 0 Å². The fraction of sp³-hybridized carbons (Fsp3) is 0.417. The SMILES string of the molecule is Cc1ccc2c(cnn2CC23CC(C(=O)N4CCC4c4ccccc4)(C2)C3)c1. The van der Waals surface area contributed by atoms with E-state index in [9.17, 15) is 4.79 Å². The molecule has 1 atom stereocenters. The van der Waals surface area contributed by atoms with E-state index in [0.717, 1.165) is 38.8 Å². The molecular formula is C24H25N3O. The van der Waals surface area contributed by atoms with E-state index in [-0.39, 0.29) is 16.9 Å². The van der Waals surface area contributed by atoms with Gasteiger partial charge in [0.1, 0.15) is 0 Å². The van der Waals surface area contributed by atoms with Crippen molar-refractivity contribution < 1.29 is 4.79 Å². The first-order valence-electron chi connectivity index (χ1n) is 10.4. The first kappa shape index (κ1) is 16.3. The van der Waals surface area contributed by atoms with Gasteiger partial charge in [0.05, 0.1) is 23.2 Å². The highest BCUT2D eigenvalue weighted by atomic mass is 16.2. The normalized spacial score (nSPS) is 30.5. The molecular weight excluding hydrogens is 346 g/mol. The molecule has 0 N–H and O–H groups in total. The molecule has 1 saturated heterocycles. The second-order valence-corrected chi connectivity index (χ2v) is 9.39. The summed E-state index contributed by atoms with van der Waals surface area (Å²) in [5.41, 5.74) is 3.97. The molecule has 28 heavy (non-hydrogen) atoms. The van der Waals surface area contributed by atoms with Crippen molar-refractivity contribution >= 4 is 16.8 Å². The second kappa shape index (κ2) is 5.47. The van der Waals surface area contributed by atoms with Gasteiger partial charge in [-0.3, -0.25) is 9.48 Å². The van der Waals surface area contributed by atoms with Crippen LogP contribution in [0.25, 0.3) is 10.9 Å². The van der Waals surface area contributed by atoms with Gasteiger partial charge >= 0.3 is 0 Å². The highest BCUT2D eigenvalue weighted by molar-refractivity contribution is 5.87. The first-order valence-corrected chi connectivity index (χ1v) is 10.4. The van der Waals surface area contributed by atoms with Gasteiger partial charge in [0.25, 0.3) is 0 Å². The summed E-state index contributed by atoms with van der Waals surface area (Å²) >= 11 is 0. The van der Waals surface area contributed by atoms with Gasteiger partial charge < -0.3 is 4.90 Å². The van der Waals surface area contributed by atoms with E-state index in [1.165, 1.54) is 22.0 Å². The van der Waals surface area contributed by atoms with Crippen LogP contribution in [0, 0.1) is 17.8 Å². The fourth-order valence-electron chi connectivity index (χ4n) is 6.00. The lowest BCUT2D eigenvalue weighted by molar-refractivity contribution is -0.227. The smallest absolute Gasteiger partial charge is 0.229 e. The average Bonchev–Trinajstić information content (AvgIpc) is 2.98. The van der Waals surface area contributed by atoms with Crippen molar-refractivity contribution in [1.82, 2.24) is 14.7 Å². The summed E-state index contributed by atoms with van der Waals surface area (Å²) < 4.78 is 2.15. The fourth-order valence-corrected chi connectivity index (χ4v) is 6.00. The van der Waals surface area contributed by atoms with Crippen molar-refractivity contribution in [1.29, 1.82) is 0 Å². The summed E-state index contributed by atoms with van der Waals surface area (Å²) in [5.74, 6) is 0.399. The predicted molar refractivity (Wildman–Crippen MR) is 109 cm³/mol. The Morgan fingerprint density at radius 1 is 1.14 bits per heavy atom. The molecule has 3 aromatic rings. The third kappa shape index (κ3) is 2.17. The summed E-state index contributed by atoms with van der Waals surface area (Å²) in [6, 6.07) is 17.3. The lowest BCUT2D eigenvalue weighted by atomic mass is 9.34. The lowest BCUT2D eigenvalue weighted by Crippen LogP contribution is -2.70. The molecule has 0 spiro atoms. The van der Waals surface area contributed by atoms with Gasteiger partial charge in [-0.05, 0) is 55.7 Å². The van der Waals surface area contributed by atoms with E-state index >= 15 is 0 Å². The number of carbonyl (C=O) groups is 1. The highest BCUT2D eigenvalue weighted by Crippen LogP contribution is 2.75. The van der Waals surface area contributed by atoms with Crippen LogP contribution in [-0.4, -0.2) is 27.1 Å². The van der Waals surface area contributed by atoms with E-state index in [0.29, 0.717) is 5.91 Å². The van der Waals surface area contributed by atoms with E-state index < -0.39 is 0 Å². The maximum atomic E-state index is 13.2. The third-order valence-corrected chi connectivity index (χ3v) is 7.34. The second-order valence-electron chi connectivity index (χ2n) is 9.39. The third-order valence-electron chi connectivity index (χ3n) is 7.34. The van der Waals surface area contributed by atoms with Crippen LogP contribution >= 0.6 is 0 Å². The first-order chi connectivity index (χ1) is 13.6. The van der Waals surface area contributed by atoms with Gasteiger partial charge in [0.15, 0.2) is 0 Å². The summed E-state index contributed by atoms with van der Waals surface area (Å²) in [6.45, 7) is 3.97. The molecule has 4 fully saturated rings.